The van der Waals surface area contributed by atoms with Crippen molar-refractivity contribution < 1.29 is 17.9 Å². The van der Waals surface area contributed by atoms with Crippen molar-refractivity contribution >= 4 is 12.3 Å². The molecule has 0 bridgehead atoms. The summed E-state index contributed by atoms with van der Waals surface area (Å²) in [5.41, 5.74) is 11.7. The molecule has 1 unspecified atom stereocenters. The summed E-state index contributed by atoms with van der Waals surface area (Å²) in [7, 11) is 0. The number of ether oxygens (including phenoxy) is 1. The first-order chi connectivity index (χ1) is 8.78. The lowest BCUT2D eigenvalue weighted by Crippen LogP contribution is -2.44. The van der Waals surface area contributed by atoms with Crippen molar-refractivity contribution in [1.82, 2.24) is 5.32 Å². The summed E-state index contributed by atoms with van der Waals surface area (Å²) in [4.78, 5) is 7.79. The lowest BCUT2D eigenvalue weighted by atomic mass is 10.1. The van der Waals surface area contributed by atoms with Gasteiger partial charge in [-0.25, -0.2) is 9.98 Å². The number of nitrogens with zero attached hydrogens (tertiary/aromatic N) is 2. The zero-order valence-corrected chi connectivity index (χ0v) is 9.48. The van der Waals surface area contributed by atoms with Crippen LogP contribution in [0.4, 0.5) is 13.2 Å². The van der Waals surface area contributed by atoms with Crippen LogP contribution in [0.25, 0.3) is 0 Å². The van der Waals surface area contributed by atoms with E-state index in [9.17, 15) is 13.2 Å². The number of guanidine groups is 1. The highest BCUT2D eigenvalue weighted by molar-refractivity contribution is 5.90. The van der Waals surface area contributed by atoms with Gasteiger partial charge in [0.2, 0.25) is 5.79 Å². The van der Waals surface area contributed by atoms with Gasteiger partial charge in [-0.05, 0) is 24.3 Å². The van der Waals surface area contributed by atoms with Crippen LogP contribution < -0.4 is 21.5 Å². The molecule has 1 aromatic rings. The van der Waals surface area contributed by atoms with E-state index in [4.69, 9.17) is 11.5 Å². The summed E-state index contributed by atoms with van der Waals surface area (Å²) < 4.78 is 39.8. The number of alkyl halides is 3. The number of halogens is 3. The van der Waals surface area contributed by atoms with Crippen molar-refractivity contribution in [2.24, 2.45) is 21.5 Å². The third-order valence-corrected chi connectivity index (χ3v) is 2.28. The Morgan fingerprint density at radius 1 is 1.21 bits per heavy atom. The van der Waals surface area contributed by atoms with E-state index in [0.29, 0.717) is 5.56 Å². The van der Waals surface area contributed by atoms with Crippen LogP contribution in [0.3, 0.4) is 0 Å². The Hall–Kier alpha value is -2.29. The Morgan fingerprint density at radius 2 is 1.84 bits per heavy atom. The predicted molar refractivity (Wildman–Crippen MR) is 62.2 cm³/mol. The smallest absolute Gasteiger partial charge is 0.406 e. The van der Waals surface area contributed by atoms with Crippen LogP contribution in [0.2, 0.25) is 0 Å². The van der Waals surface area contributed by atoms with Crippen molar-refractivity contribution in [3.8, 4) is 5.75 Å². The average Bonchev–Trinajstić information content (AvgIpc) is 2.27. The molecule has 0 spiro atoms. The fraction of sp³-hybridized carbons (Fsp3) is 0.200. The molecule has 1 aromatic carbocycles. The van der Waals surface area contributed by atoms with Crippen molar-refractivity contribution in [3.63, 3.8) is 0 Å². The van der Waals surface area contributed by atoms with Gasteiger partial charge in [0.25, 0.3) is 0 Å². The highest BCUT2D eigenvalue weighted by Gasteiger charge is 2.32. The Balaban J connectivity index is 2.23. The Labute approximate surface area is 106 Å². The summed E-state index contributed by atoms with van der Waals surface area (Å²) >= 11 is 0. The minimum Gasteiger partial charge on any atom is -0.406 e. The highest BCUT2D eigenvalue weighted by Crippen LogP contribution is 2.27. The van der Waals surface area contributed by atoms with Gasteiger partial charge in [-0.1, -0.05) is 0 Å². The second kappa shape index (κ2) is 4.43. The molecular weight excluding hydrogens is 263 g/mol. The maximum absolute atomic E-state index is 12.0. The van der Waals surface area contributed by atoms with E-state index in [-0.39, 0.29) is 11.7 Å². The molecule has 0 aliphatic carbocycles. The molecule has 0 radical (unpaired) electrons. The second-order valence-electron chi connectivity index (χ2n) is 3.70. The van der Waals surface area contributed by atoms with Gasteiger partial charge in [0.15, 0.2) is 5.96 Å². The van der Waals surface area contributed by atoms with E-state index in [1.54, 1.807) is 0 Å². The van der Waals surface area contributed by atoms with Crippen LogP contribution in [0.15, 0.2) is 34.3 Å². The maximum Gasteiger partial charge on any atom is 0.573 e. The lowest BCUT2D eigenvalue weighted by molar-refractivity contribution is -0.274. The molecule has 102 valence electrons. The molecule has 2 rings (SSSR count). The fourth-order valence-corrected chi connectivity index (χ4v) is 1.48. The summed E-state index contributed by atoms with van der Waals surface area (Å²) in [6.45, 7) is 0. The van der Waals surface area contributed by atoms with E-state index in [2.05, 4.69) is 20.0 Å². The molecule has 6 nitrogen and oxygen atoms in total. The van der Waals surface area contributed by atoms with Crippen LogP contribution in [0.5, 0.6) is 5.75 Å². The zero-order chi connectivity index (χ0) is 14.1. The normalized spacial score (nSPS) is 22.6. The lowest BCUT2D eigenvalue weighted by Gasteiger charge is -2.24. The predicted octanol–water partition coefficient (Wildman–Crippen LogP) is 0.600. The standard InChI is InChI=1S/C10H10F3N5O/c11-10(12,13)19-7-3-1-6(2-4-7)9(15)17-5-16-8(14)18-9/h1-5H,15H2,(H3,14,16,17,18). The molecule has 0 fully saturated rings. The quantitative estimate of drug-likeness (QED) is 0.735. The monoisotopic (exact) mass is 273 g/mol. The van der Waals surface area contributed by atoms with E-state index in [1.807, 2.05) is 0 Å². The van der Waals surface area contributed by atoms with Crippen LogP contribution in [0.1, 0.15) is 5.56 Å². The van der Waals surface area contributed by atoms with Gasteiger partial charge in [0.05, 0.1) is 6.34 Å². The van der Waals surface area contributed by atoms with Crippen molar-refractivity contribution in [1.29, 1.82) is 0 Å². The molecule has 1 aliphatic rings. The van der Waals surface area contributed by atoms with E-state index < -0.39 is 12.1 Å². The fourth-order valence-electron chi connectivity index (χ4n) is 1.48. The van der Waals surface area contributed by atoms with Gasteiger partial charge in [-0.2, -0.15) is 0 Å². The van der Waals surface area contributed by atoms with Gasteiger partial charge in [-0.3, -0.25) is 5.73 Å². The molecule has 0 saturated carbocycles. The molecular formula is C10H10F3N5O. The van der Waals surface area contributed by atoms with E-state index in [1.165, 1.54) is 18.5 Å². The highest BCUT2D eigenvalue weighted by atomic mass is 19.4. The molecule has 5 N–H and O–H groups in total. The molecule has 0 amide bonds. The minimum atomic E-state index is -4.74. The van der Waals surface area contributed by atoms with Gasteiger partial charge >= 0.3 is 6.36 Å². The van der Waals surface area contributed by atoms with Gasteiger partial charge < -0.3 is 15.8 Å². The summed E-state index contributed by atoms with van der Waals surface area (Å²) in [6.07, 6.45) is -3.47. The topological polar surface area (TPSA) is 98.0 Å². The minimum absolute atomic E-state index is 0.0631. The average molecular weight is 273 g/mol. The summed E-state index contributed by atoms with van der Waals surface area (Å²) in [6, 6.07) is 4.92. The van der Waals surface area contributed by atoms with E-state index in [0.717, 1.165) is 12.1 Å². The van der Waals surface area contributed by atoms with E-state index >= 15 is 0 Å². The molecule has 19 heavy (non-hydrogen) atoms. The number of nitrogens with two attached hydrogens (primary N) is 2. The summed E-state index contributed by atoms with van der Waals surface area (Å²) in [5.74, 6) is -1.74. The molecule has 1 atom stereocenters. The Morgan fingerprint density at radius 3 is 2.37 bits per heavy atom. The number of benzene rings is 1. The largest absolute Gasteiger partial charge is 0.573 e. The third-order valence-electron chi connectivity index (χ3n) is 2.28. The number of rotatable bonds is 2. The first kappa shape index (κ1) is 13.1. The van der Waals surface area contributed by atoms with Crippen LogP contribution >= 0.6 is 0 Å². The second-order valence-corrected chi connectivity index (χ2v) is 3.70. The van der Waals surface area contributed by atoms with Gasteiger partial charge in [0.1, 0.15) is 5.75 Å². The SMILES string of the molecule is NC1=NC(N)(c2ccc(OC(F)(F)F)cc2)N=CN1. The first-order valence-electron chi connectivity index (χ1n) is 5.09. The van der Waals surface area contributed by atoms with Gasteiger partial charge in [0, 0.05) is 5.56 Å². The maximum atomic E-state index is 12.0. The number of hydrogen-bond acceptors (Lipinski definition) is 6. The third kappa shape index (κ3) is 3.13. The van der Waals surface area contributed by atoms with Crippen LogP contribution in [0, 0.1) is 0 Å². The number of nitrogens with one attached hydrogen (secondary N) is 1. The molecule has 0 aromatic heterocycles. The first-order valence-corrected chi connectivity index (χ1v) is 5.09. The van der Waals surface area contributed by atoms with Crippen molar-refractivity contribution in [3.05, 3.63) is 29.8 Å². The van der Waals surface area contributed by atoms with Crippen molar-refractivity contribution in [2.75, 3.05) is 0 Å². The molecule has 1 aliphatic heterocycles. The van der Waals surface area contributed by atoms with Crippen molar-refractivity contribution in [2.45, 2.75) is 12.1 Å². The Kier molecular flexibility index (Phi) is 3.06. The van der Waals surface area contributed by atoms with Gasteiger partial charge in [-0.15, -0.1) is 13.2 Å². The molecule has 0 saturated heterocycles. The van der Waals surface area contributed by atoms with Crippen LogP contribution in [-0.4, -0.2) is 18.7 Å². The number of aliphatic imine (C=N–C) groups is 2. The van der Waals surface area contributed by atoms with Crippen LogP contribution in [-0.2, 0) is 5.79 Å². The molecule has 1 heterocycles. The summed E-state index contributed by atoms with van der Waals surface area (Å²) in [5, 5.41) is 2.53. The number of hydrogen-bond donors (Lipinski definition) is 3. The zero-order valence-electron chi connectivity index (χ0n) is 9.48. The Bertz CT molecular complexity index is 525. The molecule has 9 heteroatoms.